The van der Waals surface area contributed by atoms with Crippen molar-refractivity contribution in [1.29, 1.82) is 0 Å². The molecule has 2 fully saturated rings. The lowest BCUT2D eigenvalue weighted by Gasteiger charge is -2.22. The molecule has 226 valence electrons. The van der Waals surface area contributed by atoms with Crippen molar-refractivity contribution in [3.63, 3.8) is 0 Å². The van der Waals surface area contributed by atoms with Crippen molar-refractivity contribution in [3.05, 3.63) is 39.3 Å². The van der Waals surface area contributed by atoms with Gasteiger partial charge in [0.2, 0.25) is 5.91 Å². The van der Waals surface area contributed by atoms with Crippen molar-refractivity contribution >= 4 is 35.4 Å². The Labute approximate surface area is 237 Å². The second-order valence-electron chi connectivity index (χ2n) is 9.39. The third-order valence-corrected chi connectivity index (χ3v) is 8.15. The maximum atomic E-state index is 14.4. The minimum atomic E-state index is -1.85. The molecule has 3 atom stereocenters. The molecular weight excluding hydrogens is 574 g/mol. The maximum absolute atomic E-state index is 14.4. The van der Waals surface area contributed by atoms with E-state index in [4.69, 9.17) is 10.3 Å². The molecule has 3 rings (SSSR count). The van der Waals surface area contributed by atoms with E-state index >= 15 is 0 Å². The lowest BCUT2D eigenvalue weighted by Crippen LogP contribution is -2.36. The van der Waals surface area contributed by atoms with Crippen LogP contribution in [0.3, 0.4) is 0 Å². The Balaban J connectivity index is 1.37. The van der Waals surface area contributed by atoms with Crippen molar-refractivity contribution in [2.45, 2.75) is 49.6 Å². The normalized spacial score (nSPS) is 19.4. The number of fused-ring (bicyclic) bond motifs is 1. The van der Waals surface area contributed by atoms with Gasteiger partial charge in [-0.25, -0.2) is 22.4 Å². The SMILES string of the molecule is COC(=O)CN(CCOCCNC(=O)CCCCC1SCC2NC(=O)NC21)Cc1c(F)c(F)c(N=[N+]=[N-])c(F)c1F. The van der Waals surface area contributed by atoms with Gasteiger partial charge in [0.15, 0.2) is 23.3 Å². The highest BCUT2D eigenvalue weighted by Gasteiger charge is 2.42. The molecule has 2 heterocycles. The van der Waals surface area contributed by atoms with Crippen LogP contribution in [0.4, 0.5) is 28.0 Å². The Kier molecular flexibility index (Phi) is 12.3. The first-order chi connectivity index (χ1) is 19.7. The molecule has 2 aliphatic heterocycles. The van der Waals surface area contributed by atoms with E-state index in [1.54, 1.807) is 0 Å². The molecule has 0 aromatic heterocycles. The molecule has 41 heavy (non-hydrogen) atoms. The number of benzene rings is 1. The first-order valence-electron chi connectivity index (χ1n) is 12.9. The van der Waals surface area contributed by atoms with Crippen molar-refractivity contribution in [2.75, 3.05) is 45.7 Å². The number of nitrogens with one attached hydrogen (secondary N) is 3. The summed E-state index contributed by atoms with van der Waals surface area (Å²) in [6.07, 6.45) is 2.78. The fourth-order valence-corrected chi connectivity index (χ4v) is 6.09. The fourth-order valence-electron chi connectivity index (χ4n) is 4.54. The van der Waals surface area contributed by atoms with Gasteiger partial charge in [0.05, 0.1) is 39.0 Å². The summed E-state index contributed by atoms with van der Waals surface area (Å²) < 4.78 is 67.1. The van der Waals surface area contributed by atoms with Gasteiger partial charge in [-0.3, -0.25) is 14.5 Å². The molecule has 3 unspecified atom stereocenters. The lowest BCUT2D eigenvalue weighted by atomic mass is 10.0. The summed E-state index contributed by atoms with van der Waals surface area (Å²) >= 11 is 1.82. The first-order valence-corrected chi connectivity index (χ1v) is 13.9. The number of amides is 3. The number of rotatable bonds is 16. The quantitative estimate of drug-likeness (QED) is 0.0382. The number of hydrogen-bond donors (Lipinski definition) is 3. The van der Waals surface area contributed by atoms with Crippen LogP contribution >= 0.6 is 11.8 Å². The zero-order chi connectivity index (χ0) is 29.9. The highest BCUT2D eigenvalue weighted by molar-refractivity contribution is 8.00. The van der Waals surface area contributed by atoms with E-state index in [0.29, 0.717) is 18.1 Å². The average Bonchev–Trinajstić information content (AvgIpc) is 3.50. The smallest absolute Gasteiger partial charge is 0.319 e. The predicted octanol–water partition coefficient (Wildman–Crippen LogP) is 3.02. The Morgan fingerprint density at radius 1 is 1.15 bits per heavy atom. The number of nitrogens with zero attached hydrogens (tertiary/aromatic N) is 4. The van der Waals surface area contributed by atoms with E-state index in [1.807, 2.05) is 11.8 Å². The molecule has 0 aliphatic carbocycles. The van der Waals surface area contributed by atoms with Crippen molar-refractivity contribution in [1.82, 2.24) is 20.9 Å². The van der Waals surface area contributed by atoms with Crippen LogP contribution in [0.25, 0.3) is 10.4 Å². The van der Waals surface area contributed by atoms with Gasteiger partial charge < -0.3 is 25.4 Å². The van der Waals surface area contributed by atoms with Crippen molar-refractivity contribution < 1.29 is 41.4 Å². The number of esters is 1. The molecule has 0 saturated carbocycles. The van der Waals surface area contributed by atoms with Gasteiger partial charge in [-0.15, -0.1) is 0 Å². The molecule has 2 saturated heterocycles. The van der Waals surface area contributed by atoms with Crippen LogP contribution in [0.2, 0.25) is 0 Å². The number of carbonyl (C=O) groups is 3. The number of hydrogen-bond acceptors (Lipinski definition) is 8. The summed E-state index contributed by atoms with van der Waals surface area (Å²) in [6.45, 7) is -0.957. The van der Waals surface area contributed by atoms with Crippen molar-refractivity contribution in [3.8, 4) is 0 Å². The van der Waals surface area contributed by atoms with E-state index in [0.717, 1.165) is 30.6 Å². The Bertz CT molecular complexity index is 1140. The first kappa shape index (κ1) is 32.2. The fraction of sp³-hybridized carbons (Fsp3) is 0.625. The Hall–Kier alpha value is -3.27. The van der Waals surface area contributed by atoms with Gasteiger partial charge in [0, 0.05) is 47.5 Å². The number of halogens is 4. The number of azide groups is 1. The molecule has 17 heteroatoms. The molecule has 1 aromatic carbocycles. The van der Waals surface area contributed by atoms with Crippen LogP contribution in [0, 0.1) is 23.3 Å². The number of thioether (sulfide) groups is 1. The van der Waals surface area contributed by atoms with Crippen LogP contribution in [-0.4, -0.2) is 85.9 Å². The number of carbonyl (C=O) groups excluding carboxylic acids is 3. The van der Waals surface area contributed by atoms with Crippen LogP contribution < -0.4 is 16.0 Å². The molecule has 3 amide bonds. The highest BCUT2D eigenvalue weighted by atomic mass is 32.2. The summed E-state index contributed by atoms with van der Waals surface area (Å²) in [7, 11) is 1.10. The molecule has 0 bridgehead atoms. The summed E-state index contributed by atoms with van der Waals surface area (Å²) in [5, 5.41) is 11.5. The summed E-state index contributed by atoms with van der Waals surface area (Å²) in [6, 6.07) is 0.167. The van der Waals surface area contributed by atoms with Gasteiger partial charge in [-0.1, -0.05) is 11.5 Å². The van der Waals surface area contributed by atoms with Gasteiger partial charge >= 0.3 is 12.0 Å². The van der Waals surface area contributed by atoms with E-state index in [2.05, 4.69) is 30.7 Å². The van der Waals surface area contributed by atoms with E-state index in [-0.39, 0.29) is 50.3 Å². The largest absolute Gasteiger partial charge is 0.468 e. The Morgan fingerprint density at radius 3 is 2.56 bits per heavy atom. The topological polar surface area (TPSA) is 158 Å². The Morgan fingerprint density at radius 2 is 1.88 bits per heavy atom. The van der Waals surface area contributed by atoms with Crippen LogP contribution in [0.15, 0.2) is 5.11 Å². The third-order valence-electron chi connectivity index (χ3n) is 6.64. The number of urea groups is 1. The van der Waals surface area contributed by atoms with E-state index in [9.17, 15) is 31.9 Å². The van der Waals surface area contributed by atoms with Gasteiger partial charge in [-0.05, 0) is 18.4 Å². The van der Waals surface area contributed by atoms with Gasteiger partial charge in [-0.2, -0.15) is 11.8 Å². The average molecular weight is 606 g/mol. The molecule has 12 nitrogen and oxygen atoms in total. The summed E-state index contributed by atoms with van der Waals surface area (Å²) in [5.41, 5.74) is 5.94. The van der Waals surface area contributed by atoms with Crippen LogP contribution in [0.1, 0.15) is 31.2 Å². The monoisotopic (exact) mass is 605 g/mol. The molecule has 3 N–H and O–H groups in total. The zero-order valence-electron chi connectivity index (χ0n) is 22.3. The van der Waals surface area contributed by atoms with E-state index in [1.165, 1.54) is 0 Å². The predicted molar refractivity (Wildman–Crippen MR) is 140 cm³/mol. The second kappa shape index (κ2) is 15.7. The molecule has 0 spiro atoms. The molecule has 1 aromatic rings. The highest BCUT2D eigenvalue weighted by Crippen LogP contribution is 2.33. The van der Waals surface area contributed by atoms with Gasteiger partial charge in [0.25, 0.3) is 0 Å². The minimum Gasteiger partial charge on any atom is -0.468 e. The molecular formula is C24H31F4N7O5S. The lowest BCUT2D eigenvalue weighted by molar-refractivity contribution is -0.142. The zero-order valence-corrected chi connectivity index (χ0v) is 23.1. The third kappa shape index (κ3) is 8.86. The molecule has 2 aliphatic rings. The van der Waals surface area contributed by atoms with E-state index < -0.39 is 53.6 Å². The second-order valence-corrected chi connectivity index (χ2v) is 10.7. The number of ether oxygens (including phenoxy) is 2. The van der Waals surface area contributed by atoms with Gasteiger partial charge in [0.1, 0.15) is 5.69 Å². The van der Waals surface area contributed by atoms with Crippen molar-refractivity contribution in [2.24, 2.45) is 5.11 Å². The van der Waals surface area contributed by atoms with Crippen LogP contribution in [0.5, 0.6) is 0 Å². The maximum Gasteiger partial charge on any atom is 0.319 e. The molecule has 0 radical (unpaired) electrons. The number of unbranched alkanes of at least 4 members (excludes halogenated alkanes) is 1. The standard InChI is InChI=1S/C24H31F4N7O5S/c1-39-17(37)11-35(10-13-18(25)20(27)23(33-34-29)21(28)19(13)26)7-9-40-8-6-30-16(36)5-3-2-4-15-22-14(12-41-15)31-24(38)32-22/h14-15,22H,2-12H2,1H3,(H,30,36)(H2,31,32,38). The van der Waals surface area contributed by atoms with Crippen LogP contribution in [-0.2, 0) is 25.6 Å². The summed E-state index contributed by atoms with van der Waals surface area (Å²) in [5.74, 6) is -7.24. The summed E-state index contributed by atoms with van der Waals surface area (Å²) in [4.78, 5) is 38.6. The minimum absolute atomic E-state index is 0.0372. The number of methoxy groups -OCH3 is 1.